The first-order valence-electron chi connectivity index (χ1n) is 17.9. The first-order chi connectivity index (χ1) is 26.2. The van der Waals surface area contributed by atoms with Crippen molar-refractivity contribution in [3.8, 4) is 67.3 Å². The van der Waals surface area contributed by atoms with E-state index < -0.39 is 0 Å². The molecule has 0 radical (unpaired) electrons. The summed E-state index contributed by atoms with van der Waals surface area (Å²) in [7, 11) is 0. The summed E-state index contributed by atoms with van der Waals surface area (Å²) in [4.78, 5) is 10.7. The molecule has 53 heavy (non-hydrogen) atoms. The fourth-order valence-electron chi connectivity index (χ4n) is 7.52. The molecule has 0 saturated carbocycles. The minimum atomic E-state index is 0.695. The van der Waals surface area contributed by atoms with E-state index in [0.717, 1.165) is 55.9 Å². The number of benzene rings is 8. The lowest BCUT2D eigenvalue weighted by molar-refractivity contribution is 1.19. The van der Waals surface area contributed by atoms with Crippen molar-refractivity contribution in [1.29, 1.82) is 0 Å². The van der Waals surface area contributed by atoms with Gasteiger partial charge in [0.1, 0.15) is 0 Å². The van der Waals surface area contributed by atoms with Crippen LogP contribution in [0, 0.1) is 0 Å². The van der Waals surface area contributed by atoms with Gasteiger partial charge in [0.05, 0.1) is 11.4 Å². The van der Waals surface area contributed by atoms with Gasteiger partial charge in [-0.25, -0.2) is 9.97 Å². The average Bonchev–Trinajstić information content (AvgIpc) is 3.63. The zero-order valence-corrected chi connectivity index (χ0v) is 29.6. The van der Waals surface area contributed by atoms with Gasteiger partial charge in [0.15, 0.2) is 5.82 Å². The van der Waals surface area contributed by atoms with Crippen LogP contribution >= 0.6 is 11.3 Å². The van der Waals surface area contributed by atoms with Gasteiger partial charge in [0.25, 0.3) is 0 Å². The maximum absolute atomic E-state index is 5.38. The molecule has 2 aromatic heterocycles. The molecule has 0 bridgehead atoms. The lowest BCUT2D eigenvalue weighted by Crippen LogP contribution is -1.97. The Kier molecular flexibility index (Phi) is 7.71. The fraction of sp³-hybridized carbons (Fsp3) is 0. The molecule has 0 aliphatic carbocycles. The molecule has 2 nitrogen and oxygen atoms in total. The van der Waals surface area contributed by atoms with Crippen LogP contribution in [0.25, 0.3) is 98.2 Å². The molecule has 0 aliphatic heterocycles. The summed E-state index contributed by atoms with van der Waals surface area (Å²) in [5.41, 5.74) is 11.9. The number of nitrogens with zero attached hydrogens (tertiary/aromatic N) is 2. The first kappa shape index (κ1) is 31.1. The Labute approximate surface area is 312 Å². The summed E-state index contributed by atoms with van der Waals surface area (Å²) >= 11 is 1.85. The van der Waals surface area contributed by atoms with Gasteiger partial charge in [-0.15, -0.1) is 11.3 Å². The summed E-state index contributed by atoms with van der Waals surface area (Å²) in [6, 6.07) is 69.2. The molecule has 0 spiro atoms. The molecule has 0 amide bonds. The zero-order chi connectivity index (χ0) is 35.1. The topological polar surface area (TPSA) is 25.8 Å². The Morgan fingerprint density at radius 3 is 1.72 bits per heavy atom. The summed E-state index contributed by atoms with van der Waals surface area (Å²) < 4.78 is 2.59. The molecule has 10 aromatic rings. The zero-order valence-electron chi connectivity index (χ0n) is 28.8. The molecular formula is C50H32N2S. The number of thiophene rings is 1. The van der Waals surface area contributed by atoms with E-state index in [4.69, 9.17) is 9.97 Å². The van der Waals surface area contributed by atoms with E-state index in [1.807, 2.05) is 11.3 Å². The predicted octanol–water partition coefficient (Wildman–Crippen LogP) is 14.0. The second-order valence-electron chi connectivity index (χ2n) is 13.4. The molecule has 2 heterocycles. The van der Waals surface area contributed by atoms with Gasteiger partial charge >= 0.3 is 0 Å². The lowest BCUT2D eigenvalue weighted by atomic mass is 9.92. The Hall–Kier alpha value is -6.68. The third kappa shape index (κ3) is 5.78. The van der Waals surface area contributed by atoms with Crippen LogP contribution in [0.3, 0.4) is 0 Å². The van der Waals surface area contributed by atoms with Crippen molar-refractivity contribution in [1.82, 2.24) is 9.97 Å². The van der Waals surface area contributed by atoms with Crippen LogP contribution in [-0.4, -0.2) is 9.97 Å². The van der Waals surface area contributed by atoms with Gasteiger partial charge in [-0.1, -0.05) is 152 Å². The van der Waals surface area contributed by atoms with E-state index in [1.54, 1.807) is 0 Å². The van der Waals surface area contributed by atoms with Gasteiger partial charge in [-0.2, -0.15) is 0 Å². The van der Waals surface area contributed by atoms with Crippen LogP contribution in [0.1, 0.15) is 0 Å². The fourth-order valence-corrected chi connectivity index (χ4v) is 8.66. The molecule has 0 aliphatic rings. The van der Waals surface area contributed by atoms with E-state index in [9.17, 15) is 0 Å². The summed E-state index contributed by atoms with van der Waals surface area (Å²) in [5, 5.41) is 4.93. The molecule has 10 rings (SSSR count). The van der Waals surface area contributed by atoms with Crippen molar-refractivity contribution in [2.75, 3.05) is 0 Å². The van der Waals surface area contributed by atoms with Crippen LogP contribution in [0.4, 0.5) is 0 Å². The van der Waals surface area contributed by atoms with Crippen LogP contribution in [-0.2, 0) is 0 Å². The molecule has 248 valence electrons. The monoisotopic (exact) mass is 692 g/mol. The largest absolute Gasteiger partial charge is 0.228 e. The third-order valence-electron chi connectivity index (χ3n) is 10.1. The van der Waals surface area contributed by atoms with Crippen molar-refractivity contribution >= 4 is 42.3 Å². The highest BCUT2D eigenvalue weighted by atomic mass is 32.1. The second kappa shape index (κ2) is 13.1. The van der Waals surface area contributed by atoms with Crippen LogP contribution in [0.5, 0.6) is 0 Å². The quantitative estimate of drug-likeness (QED) is 0.173. The van der Waals surface area contributed by atoms with Gasteiger partial charge in [-0.05, 0) is 86.6 Å². The Bertz CT molecular complexity index is 2940. The van der Waals surface area contributed by atoms with E-state index in [-0.39, 0.29) is 0 Å². The Morgan fingerprint density at radius 1 is 0.321 bits per heavy atom. The van der Waals surface area contributed by atoms with Crippen LogP contribution < -0.4 is 0 Å². The van der Waals surface area contributed by atoms with Crippen molar-refractivity contribution in [2.24, 2.45) is 0 Å². The molecule has 0 N–H and O–H groups in total. The highest BCUT2D eigenvalue weighted by Gasteiger charge is 2.17. The van der Waals surface area contributed by atoms with Gasteiger partial charge < -0.3 is 0 Å². The molecule has 0 fully saturated rings. The van der Waals surface area contributed by atoms with E-state index in [0.29, 0.717) is 5.82 Å². The van der Waals surface area contributed by atoms with Crippen molar-refractivity contribution in [3.05, 3.63) is 194 Å². The minimum absolute atomic E-state index is 0.695. The van der Waals surface area contributed by atoms with E-state index in [2.05, 4.69) is 194 Å². The maximum Gasteiger partial charge on any atom is 0.160 e. The number of hydrogen-bond acceptors (Lipinski definition) is 3. The van der Waals surface area contributed by atoms with Crippen molar-refractivity contribution in [3.63, 3.8) is 0 Å². The van der Waals surface area contributed by atoms with Gasteiger partial charge in [-0.3, -0.25) is 0 Å². The van der Waals surface area contributed by atoms with Crippen molar-refractivity contribution in [2.45, 2.75) is 0 Å². The van der Waals surface area contributed by atoms with Gasteiger partial charge in [0.2, 0.25) is 0 Å². The Balaban J connectivity index is 1.23. The molecule has 0 unspecified atom stereocenters. The van der Waals surface area contributed by atoms with E-state index >= 15 is 0 Å². The van der Waals surface area contributed by atoms with Gasteiger partial charge in [0, 0.05) is 36.9 Å². The van der Waals surface area contributed by atoms with E-state index in [1.165, 1.54) is 36.5 Å². The molecular weight excluding hydrogens is 661 g/mol. The third-order valence-corrected chi connectivity index (χ3v) is 11.2. The number of hydrogen-bond donors (Lipinski definition) is 0. The number of rotatable bonds is 6. The van der Waals surface area contributed by atoms with Crippen LogP contribution in [0.15, 0.2) is 194 Å². The highest BCUT2D eigenvalue weighted by Crippen LogP contribution is 2.42. The highest BCUT2D eigenvalue weighted by molar-refractivity contribution is 7.25. The molecule has 0 atom stereocenters. The average molecular weight is 693 g/mol. The minimum Gasteiger partial charge on any atom is -0.228 e. The van der Waals surface area contributed by atoms with Crippen LogP contribution in [0.2, 0.25) is 0 Å². The second-order valence-corrected chi connectivity index (χ2v) is 14.5. The summed E-state index contributed by atoms with van der Waals surface area (Å²) in [6.07, 6.45) is 0. The number of fused-ring (bicyclic) bond motifs is 4. The lowest BCUT2D eigenvalue weighted by Gasteiger charge is -2.15. The van der Waals surface area contributed by atoms with Crippen molar-refractivity contribution < 1.29 is 0 Å². The standard InChI is InChI=1S/C50H32N2S/c1-3-14-33(15-4-1)36-20-11-21-37(28-36)50-51-45(32-46(52-50)43-25-12-19-35-18-7-8-22-41(35)43)40-30-38(34-16-5-2-6-17-34)29-39(31-40)42-24-13-27-48-49(42)44-23-9-10-26-47(44)53-48/h1-32H. The SMILES string of the molecule is c1ccc(-c2cccc(-c3nc(-c4cc(-c5ccccc5)cc(-c5cccc6sc7ccccc7c56)c4)cc(-c4cccc5ccccc45)n3)c2)cc1. The predicted molar refractivity (Wildman–Crippen MR) is 225 cm³/mol. The molecule has 3 heteroatoms. The molecule has 0 saturated heterocycles. The summed E-state index contributed by atoms with van der Waals surface area (Å²) in [5.74, 6) is 0.695. The number of aromatic nitrogens is 2. The Morgan fingerprint density at radius 2 is 0.868 bits per heavy atom. The normalized spacial score (nSPS) is 11.4. The molecule has 8 aromatic carbocycles. The summed E-state index contributed by atoms with van der Waals surface area (Å²) in [6.45, 7) is 0. The smallest absolute Gasteiger partial charge is 0.160 e. The maximum atomic E-state index is 5.38. The first-order valence-corrected chi connectivity index (χ1v) is 18.7.